The zero-order valence-corrected chi connectivity index (χ0v) is 10.3. The van der Waals surface area contributed by atoms with Crippen LogP contribution in [0.4, 0.5) is 17.5 Å². The van der Waals surface area contributed by atoms with Crippen molar-refractivity contribution in [3.05, 3.63) is 16.3 Å². The van der Waals surface area contributed by atoms with Gasteiger partial charge in [-0.25, -0.2) is 4.98 Å². The summed E-state index contributed by atoms with van der Waals surface area (Å²) in [7, 11) is 0. The SMILES string of the molecule is CCNc1ncc([N+](=O)[O-])c(NC2CNC(=O)C2)n1. The first-order valence-electron chi connectivity index (χ1n) is 5.88. The molecular weight excluding hydrogens is 252 g/mol. The lowest BCUT2D eigenvalue weighted by Crippen LogP contribution is -2.23. The fourth-order valence-corrected chi connectivity index (χ4v) is 1.76. The summed E-state index contributed by atoms with van der Waals surface area (Å²) in [4.78, 5) is 29.4. The fraction of sp³-hybridized carbons (Fsp3) is 0.500. The molecule has 0 aromatic carbocycles. The first-order valence-corrected chi connectivity index (χ1v) is 5.88. The molecule has 1 aliphatic rings. The Morgan fingerprint density at radius 2 is 2.42 bits per heavy atom. The van der Waals surface area contributed by atoms with Crippen LogP contribution in [0.15, 0.2) is 6.20 Å². The van der Waals surface area contributed by atoms with E-state index < -0.39 is 4.92 Å². The van der Waals surface area contributed by atoms with Crippen LogP contribution in [0.1, 0.15) is 13.3 Å². The molecule has 1 aromatic rings. The molecule has 1 amide bonds. The van der Waals surface area contributed by atoms with Gasteiger partial charge < -0.3 is 16.0 Å². The van der Waals surface area contributed by atoms with Crippen molar-refractivity contribution >= 4 is 23.4 Å². The predicted molar refractivity (Wildman–Crippen MR) is 67.9 cm³/mol. The van der Waals surface area contributed by atoms with Crippen molar-refractivity contribution in [1.82, 2.24) is 15.3 Å². The Kier molecular flexibility index (Phi) is 3.74. The van der Waals surface area contributed by atoms with Gasteiger partial charge in [-0.3, -0.25) is 14.9 Å². The third kappa shape index (κ3) is 3.06. The van der Waals surface area contributed by atoms with Crippen LogP contribution >= 0.6 is 0 Å². The molecule has 0 spiro atoms. The maximum atomic E-state index is 11.1. The average Bonchev–Trinajstić information content (AvgIpc) is 2.75. The summed E-state index contributed by atoms with van der Waals surface area (Å²) >= 11 is 0. The molecule has 0 radical (unpaired) electrons. The van der Waals surface area contributed by atoms with Crippen molar-refractivity contribution in [3.8, 4) is 0 Å². The summed E-state index contributed by atoms with van der Waals surface area (Å²) in [6.45, 7) is 2.91. The monoisotopic (exact) mass is 266 g/mol. The van der Waals surface area contributed by atoms with Crippen LogP contribution in [0.25, 0.3) is 0 Å². The van der Waals surface area contributed by atoms with E-state index in [1.807, 2.05) is 6.92 Å². The highest BCUT2D eigenvalue weighted by Gasteiger charge is 2.25. The van der Waals surface area contributed by atoms with Crippen LogP contribution in [-0.2, 0) is 4.79 Å². The quantitative estimate of drug-likeness (QED) is 0.511. The van der Waals surface area contributed by atoms with Crippen LogP contribution in [0.5, 0.6) is 0 Å². The zero-order valence-electron chi connectivity index (χ0n) is 10.3. The van der Waals surface area contributed by atoms with Crippen molar-refractivity contribution in [2.45, 2.75) is 19.4 Å². The molecule has 0 bridgehead atoms. The van der Waals surface area contributed by atoms with Gasteiger partial charge in [0.15, 0.2) is 0 Å². The van der Waals surface area contributed by atoms with Crippen LogP contribution in [0, 0.1) is 10.1 Å². The molecule has 9 nitrogen and oxygen atoms in total. The van der Waals surface area contributed by atoms with E-state index in [9.17, 15) is 14.9 Å². The molecule has 9 heteroatoms. The molecule has 1 atom stereocenters. The number of carbonyl (C=O) groups is 1. The molecule has 0 saturated carbocycles. The summed E-state index contributed by atoms with van der Waals surface area (Å²) < 4.78 is 0. The summed E-state index contributed by atoms with van der Waals surface area (Å²) in [5.41, 5.74) is -0.207. The highest BCUT2D eigenvalue weighted by Crippen LogP contribution is 2.23. The predicted octanol–water partition coefficient (Wildman–Crippen LogP) is 0.117. The van der Waals surface area contributed by atoms with Gasteiger partial charge in [0.1, 0.15) is 6.20 Å². The molecule has 2 rings (SSSR count). The first kappa shape index (κ1) is 13.0. The molecule has 1 aliphatic heterocycles. The highest BCUT2D eigenvalue weighted by atomic mass is 16.6. The molecule has 0 aliphatic carbocycles. The Hall–Kier alpha value is -2.45. The number of amides is 1. The number of rotatable bonds is 5. The number of hydrogen-bond acceptors (Lipinski definition) is 7. The van der Waals surface area contributed by atoms with Crippen molar-refractivity contribution in [2.24, 2.45) is 0 Å². The highest BCUT2D eigenvalue weighted by molar-refractivity contribution is 5.79. The maximum absolute atomic E-state index is 11.1. The smallest absolute Gasteiger partial charge is 0.329 e. The third-order valence-electron chi connectivity index (χ3n) is 2.62. The van der Waals surface area contributed by atoms with Crippen LogP contribution in [-0.4, -0.2) is 39.9 Å². The van der Waals surface area contributed by atoms with Crippen molar-refractivity contribution in [2.75, 3.05) is 23.7 Å². The van der Waals surface area contributed by atoms with Crippen molar-refractivity contribution in [3.63, 3.8) is 0 Å². The molecule has 102 valence electrons. The standard InChI is InChI=1S/C10H14N6O3/c1-2-11-10-13-5-7(16(18)19)9(15-10)14-6-3-8(17)12-4-6/h5-6H,2-4H2,1H3,(H,12,17)(H2,11,13,14,15). The van der Waals surface area contributed by atoms with Gasteiger partial charge in [0.2, 0.25) is 17.7 Å². The Balaban J connectivity index is 2.21. The van der Waals surface area contributed by atoms with Crippen LogP contribution < -0.4 is 16.0 Å². The van der Waals surface area contributed by atoms with E-state index >= 15 is 0 Å². The van der Waals surface area contributed by atoms with Gasteiger partial charge in [-0.2, -0.15) is 4.98 Å². The molecule has 1 unspecified atom stereocenters. The normalized spacial score (nSPS) is 17.9. The Labute approximate surface area is 109 Å². The largest absolute Gasteiger partial charge is 0.359 e. The second-order valence-corrected chi connectivity index (χ2v) is 4.06. The number of nitrogens with one attached hydrogen (secondary N) is 3. The minimum absolute atomic E-state index is 0.0823. The van der Waals surface area contributed by atoms with Gasteiger partial charge in [-0.1, -0.05) is 0 Å². The summed E-state index contributed by atoms with van der Waals surface area (Å²) in [6.07, 6.45) is 1.43. The molecule has 2 heterocycles. The second-order valence-electron chi connectivity index (χ2n) is 4.06. The number of anilines is 2. The summed E-state index contributed by atoms with van der Waals surface area (Å²) in [5.74, 6) is 0.353. The van der Waals surface area contributed by atoms with E-state index in [1.54, 1.807) is 0 Å². The van der Waals surface area contributed by atoms with Gasteiger partial charge in [-0.15, -0.1) is 0 Å². The van der Waals surface area contributed by atoms with E-state index in [-0.39, 0.29) is 29.9 Å². The number of hydrogen-bond donors (Lipinski definition) is 3. The third-order valence-corrected chi connectivity index (χ3v) is 2.62. The molecule has 3 N–H and O–H groups in total. The van der Waals surface area contributed by atoms with Crippen molar-refractivity contribution in [1.29, 1.82) is 0 Å². The van der Waals surface area contributed by atoms with Gasteiger partial charge in [-0.05, 0) is 6.92 Å². The van der Waals surface area contributed by atoms with Crippen LogP contribution in [0.2, 0.25) is 0 Å². The maximum Gasteiger partial charge on any atom is 0.329 e. The lowest BCUT2D eigenvalue weighted by molar-refractivity contribution is -0.384. The first-order chi connectivity index (χ1) is 9.10. The number of nitrogens with zero attached hydrogens (tertiary/aromatic N) is 3. The lowest BCUT2D eigenvalue weighted by Gasteiger charge is -2.12. The van der Waals surface area contributed by atoms with Gasteiger partial charge in [0, 0.05) is 19.5 Å². The van der Waals surface area contributed by atoms with Gasteiger partial charge in [0.05, 0.1) is 11.0 Å². The Bertz CT molecular complexity index is 506. The van der Waals surface area contributed by atoms with E-state index in [4.69, 9.17) is 0 Å². The fourth-order valence-electron chi connectivity index (χ4n) is 1.76. The molecule has 1 saturated heterocycles. The van der Waals surface area contributed by atoms with E-state index in [1.165, 1.54) is 0 Å². The topological polar surface area (TPSA) is 122 Å². The number of aromatic nitrogens is 2. The summed E-state index contributed by atoms with van der Waals surface area (Å²) in [5, 5.41) is 19.3. The van der Waals surface area contributed by atoms with E-state index in [0.717, 1.165) is 6.20 Å². The molecular formula is C10H14N6O3. The summed E-state index contributed by atoms with van der Waals surface area (Å²) in [6, 6.07) is -0.199. The molecule has 1 fully saturated rings. The van der Waals surface area contributed by atoms with E-state index in [0.29, 0.717) is 19.0 Å². The lowest BCUT2D eigenvalue weighted by atomic mass is 10.2. The average molecular weight is 266 g/mol. The Morgan fingerprint density at radius 1 is 1.63 bits per heavy atom. The number of nitro groups is 1. The Morgan fingerprint density at radius 3 is 3.00 bits per heavy atom. The minimum atomic E-state index is -0.553. The van der Waals surface area contributed by atoms with E-state index in [2.05, 4.69) is 25.9 Å². The minimum Gasteiger partial charge on any atom is -0.359 e. The molecule has 19 heavy (non-hydrogen) atoms. The zero-order chi connectivity index (χ0) is 13.8. The second kappa shape index (κ2) is 5.46. The number of carbonyl (C=O) groups excluding carboxylic acids is 1. The molecule has 1 aromatic heterocycles. The van der Waals surface area contributed by atoms with Crippen molar-refractivity contribution < 1.29 is 9.72 Å². The van der Waals surface area contributed by atoms with Gasteiger partial charge in [0.25, 0.3) is 0 Å². The van der Waals surface area contributed by atoms with Gasteiger partial charge >= 0.3 is 5.69 Å². The van der Waals surface area contributed by atoms with Crippen LogP contribution in [0.3, 0.4) is 0 Å².